The molecule has 0 saturated carbocycles. The van der Waals surface area contributed by atoms with Crippen molar-refractivity contribution in [3.8, 4) is 0 Å². The third-order valence-corrected chi connectivity index (χ3v) is 5.11. The fourth-order valence-corrected chi connectivity index (χ4v) is 3.65. The number of aromatic nitrogens is 1. The van der Waals surface area contributed by atoms with E-state index in [1.807, 2.05) is 4.90 Å². The summed E-state index contributed by atoms with van der Waals surface area (Å²) >= 11 is 0. The fourth-order valence-electron chi connectivity index (χ4n) is 3.65. The zero-order valence-corrected chi connectivity index (χ0v) is 14.9. The van der Waals surface area contributed by atoms with E-state index in [0.717, 1.165) is 45.3 Å². The molecule has 0 bridgehead atoms. The maximum atomic E-state index is 12.9. The van der Waals surface area contributed by atoms with Crippen LogP contribution in [-0.4, -0.2) is 53.5 Å². The predicted octanol–water partition coefficient (Wildman–Crippen LogP) is 2.40. The van der Waals surface area contributed by atoms with E-state index in [4.69, 9.17) is 4.74 Å². The van der Waals surface area contributed by atoms with Crippen molar-refractivity contribution in [3.63, 3.8) is 0 Å². The minimum atomic E-state index is -0.254. The quantitative estimate of drug-likeness (QED) is 0.889. The topological polar surface area (TPSA) is 71.5 Å². The summed E-state index contributed by atoms with van der Waals surface area (Å²) in [6.07, 6.45) is 7.88. The average molecular weight is 345 g/mol. The number of carbonyl (C=O) groups is 2. The molecule has 3 rings (SSSR count). The Labute approximate surface area is 148 Å². The van der Waals surface area contributed by atoms with Gasteiger partial charge in [-0.2, -0.15) is 0 Å². The Morgan fingerprint density at radius 3 is 2.96 bits per heavy atom. The molecular weight excluding hydrogens is 318 g/mol. The lowest BCUT2D eigenvalue weighted by Crippen LogP contribution is -2.43. The summed E-state index contributed by atoms with van der Waals surface area (Å²) in [7, 11) is 0. The maximum absolute atomic E-state index is 12.9. The van der Waals surface area contributed by atoms with Crippen molar-refractivity contribution >= 4 is 11.8 Å². The van der Waals surface area contributed by atoms with Gasteiger partial charge in [0.25, 0.3) is 11.8 Å². The van der Waals surface area contributed by atoms with Crippen LogP contribution in [0, 0.1) is 0 Å². The smallest absolute Gasteiger partial charge is 0.269 e. The van der Waals surface area contributed by atoms with Crippen LogP contribution in [-0.2, 0) is 4.74 Å². The molecule has 2 amide bonds. The van der Waals surface area contributed by atoms with Gasteiger partial charge in [-0.05, 0) is 50.7 Å². The lowest BCUT2D eigenvalue weighted by Gasteiger charge is -2.35. The lowest BCUT2D eigenvalue weighted by molar-refractivity contribution is 0.0608. The number of ether oxygens (including phenoxy) is 1. The molecule has 2 saturated heterocycles. The molecule has 2 unspecified atom stereocenters. The van der Waals surface area contributed by atoms with Crippen molar-refractivity contribution in [2.45, 2.75) is 57.6 Å². The highest BCUT2D eigenvalue weighted by Crippen LogP contribution is 2.22. The number of hydrogen-bond acceptors (Lipinski definition) is 4. The summed E-state index contributed by atoms with van der Waals surface area (Å²) in [5.74, 6) is -0.252. The monoisotopic (exact) mass is 345 g/mol. The van der Waals surface area contributed by atoms with Crippen molar-refractivity contribution in [3.05, 3.63) is 29.6 Å². The molecule has 2 atom stereocenters. The first-order valence-electron chi connectivity index (χ1n) is 9.36. The standard InChI is InChI=1S/C19H27N3O3/c1-2-15-6-3-4-10-22(15)19(24)14-8-9-20-17(12-14)18(23)21-13-16-7-5-11-25-16/h8-9,12,15-16H,2-7,10-11,13H2,1H3,(H,21,23). The number of amides is 2. The summed E-state index contributed by atoms with van der Waals surface area (Å²) in [5.41, 5.74) is 0.825. The number of carbonyl (C=O) groups excluding carboxylic acids is 2. The molecule has 136 valence electrons. The van der Waals surface area contributed by atoms with Crippen LogP contribution in [0.4, 0.5) is 0 Å². The molecule has 6 heteroatoms. The van der Waals surface area contributed by atoms with E-state index in [0.29, 0.717) is 18.2 Å². The van der Waals surface area contributed by atoms with Crippen molar-refractivity contribution in [2.24, 2.45) is 0 Å². The van der Waals surface area contributed by atoms with Crippen LogP contribution in [0.5, 0.6) is 0 Å². The first kappa shape index (κ1) is 17.9. The van der Waals surface area contributed by atoms with Gasteiger partial charge in [0.05, 0.1) is 6.10 Å². The number of piperidine rings is 1. The molecule has 0 aromatic carbocycles. The van der Waals surface area contributed by atoms with Crippen molar-refractivity contribution in [1.29, 1.82) is 0 Å². The van der Waals surface area contributed by atoms with E-state index in [-0.39, 0.29) is 23.6 Å². The second-order valence-corrected chi connectivity index (χ2v) is 6.83. The highest BCUT2D eigenvalue weighted by Gasteiger charge is 2.26. The van der Waals surface area contributed by atoms with E-state index in [2.05, 4.69) is 17.2 Å². The molecule has 2 aliphatic rings. The van der Waals surface area contributed by atoms with Crippen LogP contribution in [0.1, 0.15) is 66.3 Å². The predicted molar refractivity (Wildman–Crippen MR) is 94.5 cm³/mol. The summed E-state index contributed by atoms with van der Waals surface area (Å²) < 4.78 is 5.51. The largest absolute Gasteiger partial charge is 0.376 e. The second-order valence-electron chi connectivity index (χ2n) is 6.83. The van der Waals surface area contributed by atoms with Crippen LogP contribution < -0.4 is 5.32 Å². The molecule has 0 aliphatic carbocycles. The Morgan fingerprint density at radius 2 is 2.20 bits per heavy atom. The minimum Gasteiger partial charge on any atom is -0.376 e. The Kier molecular flexibility index (Phi) is 6.02. The minimum absolute atomic E-state index is 0.00197. The molecule has 0 spiro atoms. The van der Waals surface area contributed by atoms with E-state index in [9.17, 15) is 9.59 Å². The summed E-state index contributed by atoms with van der Waals surface area (Å²) in [6.45, 7) is 4.16. The highest BCUT2D eigenvalue weighted by atomic mass is 16.5. The van der Waals surface area contributed by atoms with Gasteiger partial charge in [0.2, 0.25) is 0 Å². The van der Waals surface area contributed by atoms with Gasteiger partial charge in [0.15, 0.2) is 0 Å². The number of nitrogens with one attached hydrogen (secondary N) is 1. The number of pyridine rings is 1. The molecule has 1 N–H and O–H groups in total. The number of nitrogens with zero attached hydrogens (tertiary/aromatic N) is 2. The molecular formula is C19H27N3O3. The van der Waals surface area contributed by atoms with Gasteiger partial charge in [-0.25, -0.2) is 0 Å². The third-order valence-electron chi connectivity index (χ3n) is 5.11. The zero-order chi connectivity index (χ0) is 17.6. The molecule has 2 aliphatic heterocycles. The van der Waals surface area contributed by atoms with Gasteiger partial charge in [0, 0.05) is 37.5 Å². The molecule has 0 radical (unpaired) electrons. The average Bonchev–Trinajstić information content (AvgIpc) is 3.19. The lowest BCUT2D eigenvalue weighted by atomic mass is 9.99. The van der Waals surface area contributed by atoms with E-state index >= 15 is 0 Å². The second kappa shape index (κ2) is 8.43. The van der Waals surface area contributed by atoms with Gasteiger partial charge in [0.1, 0.15) is 5.69 Å². The molecule has 6 nitrogen and oxygen atoms in total. The van der Waals surface area contributed by atoms with Crippen LogP contribution in [0.15, 0.2) is 18.3 Å². The normalized spacial score (nSPS) is 23.5. The van der Waals surface area contributed by atoms with Crippen LogP contribution in [0.3, 0.4) is 0 Å². The van der Waals surface area contributed by atoms with Crippen molar-refractivity contribution in [2.75, 3.05) is 19.7 Å². The summed E-state index contributed by atoms with van der Waals surface area (Å²) in [4.78, 5) is 31.3. The first-order valence-corrected chi connectivity index (χ1v) is 9.36. The van der Waals surface area contributed by atoms with Gasteiger partial charge < -0.3 is 15.0 Å². The summed E-state index contributed by atoms with van der Waals surface area (Å²) in [5, 5.41) is 2.86. The van der Waals surface area contributed by atoms with E-state index < -0.39 is 0 Å². The number of likely N-dealkylation sites (tertiary alicyclic amines) is 1. The Balaban J connectivity index is 1.65. The Bertz CT molecular complexity index is 614. The first-order chi connectivity index (χ1) is 12.2. The zero-order valence-electron chi connectivity index (χ0n) is 14.9. The van der Waals surface area contributed by atoms with Gasteiger partial charge in [-0.15, -0.1) is 0 Å². The van der Waals surface area contributed by atoms with Crippen LogP contribution in [0.25, 0.3) is 0 Å². The van der Waals surface area contributed by atoms with Crippen molar-refractivity contribution < 1.29 is 14.3 Å². The van der Waals surface area contributed by atoms with E-state index in [1.165, 1.54) is 6.42 Å². The molecule has 3 heterocycles. The van der Waals surface area contributed by atoms with E-state index in [1.54, 1.807) is 18.3 Å². The Morgan fingerprint density at radius 1 is 1.32 bits per heavy atom. The third kappa shape index (κ3) is 4.37. The maximum Gasteiger partial charge on any atom is 0.269 e. The van der Waals surface area contributed by atoms with Gasteiger partial charge >= 0.3 is 0 Å². The van der Waals surface area contributed by atoms with Gasteiger partial charge in [-0.3, -0.25) is 14.6 Å². The summed E-state index contributed by atoms with van der Waals surface area (Å²) in [6, 6.07) is 3.60. The molecule has 2 fully saturated rings. The van der Waals surface area contributed by atoms with Crippen LogP contribution in [0.2, 0.25) is 0 Å². The number of hydrogen-bond donors (Lipinski definition) is 1. The SMILES string of the molecule is CCC1CCCCN1C(=O)c1ccnc(C(=O)NCC2CCCO2)c1. The Hall–Kier alpha value is -1.95. The van der Waals surface area contributed by atoms with Crippen molar-refractivity contribution in [1.82, 2.24) is 15.2 Å². The number of rotatable bonds is 5. The molecule has 25 heavy (non-hydrogen) atoms. The molecule has 1 aromatic rings. The highest BCUT2D eigenvalue weighted by molar-refractivity contribution is 5.98. The van der Waals surface area contributed by atoms with Crippen LogP contribution >= 0.6 is 0 Å². The molecule has 1 aromatic heterocycles. The fraction of sp³-hybridized carbons (Fsp3) is 0.632. The van der Waals surface area contributed by atoms with Gasteiger partial charge in [-0.1, -0.05) is 6.92 Å².